The quantitative estimate of drug-likeness (QED) is 0.776. The number of nitrogens with one attached hydrogen (secondary N) is 1. The van der Waals surface area contributed by atoms with Crippen LogP contribution in [0.2, 0.25) is 0 Å². The summed E-state index contributed by atoms with van der Waals surface area (Å²) in [5.74, 6) is 0.163. The van der Waals surface area contributed by atoms with Gasteiger partial charge in [-0.05, 0) is 12.6 Å². The van der Waals surface area contributed by atoms with E-state index in [4.69, 9.17) is 0 Å². The van der Waals surface area contributed by atoms with Crippen LogP contribution < -0.4 is 5.32 Å². The van der Waals surface area contributed by atoms with Crippen molar-refractivity contribution in [1.82, 2.24) is 10.2 Å². The highest BCUT2D eigenvalue weighted by molar-refractivity contribution is 5.78. The van der Waals surface area contributed by atoms with Crippen LogP contribution in [0, 0.1) is 0 Å². The Hall–Kier alpha value is -1.35. The van der Waals surface area contributed by atoms with Crippen molar-refractivity contribution in [3.05, 3.63) is 35.9 Å². The van der Waals surface area contributed by atoms with Crippen molar-refractivity contribution in [2.24, 2.45) is 0 Å². The number of rotatable bonds is 5. The Morgan fingerprint density at radius 3 is 2.60 bits per heavy atom. The third-order valence-electron chi connectivity index (χ3n) is 2.32. The minimum absolute atomic E-state index is 0.163. The molecule has 0 saturated heterocycles. The molecule has 1 amide bonds. The fourth-order valence-electron chi connectivity index (χ4n) is 1.31. The van der Waals surface area contributed by atoms with Gasteiger partial charge in [-0.15, -0.1) is 0 Å². The molecule has 0 aliphatic heterocycles. The van der Waals surface area contributed by atoms with Gasteiger partial charge in [0.1, 0.15) is 0 Å². The first-order valence-corrected chi connectivity index (χ1v) is 5.16. The van der Waals surface area contributed by atoms with E-state index < -0.39 is 0 Å². The molecule has 0 fully saturated rings. The van der Waals surface area contributed by atoms with Gasteiger partial charge < -0.3 is 10.2 Å². The molecule has 0 spiro atoms. The van der Waals surface area contributed by atoms with Crippen molar-refractivity contribution in [3.8, 4) is 0 Å². The van der Waals surface area contributed by atoms with Gasteiger partial charge in [-0.3, -0.25) is 4.79 Å². The minimum Gasteiger partial charge on any atom is -0.344 e. The molecule has 0 aliphatic carbocycles. The lowest BCUT2D eigenvalue weighted by Gasteiger charge is -2.16. The number of benzene rings is 1. The Morgan fingerprint density at radius 2 is 2.00 bits per heavy atom. The number of amides is 1. The molecule has 0 aliphatic rings. The molecule has 1 rings (SSSR count). The summed E-state index contributed by atoms with van der Waals surface area (Å²) in [7, 11) is 3.72. The van der Waals surface area contributed by atoms with Gasteiger partial charge in [0.05, 0.1) is 6.42 Å². The summed E-state index contributed by atoms with van der Waals surface area (Å²) >= 11 is 0. The van der Waals surface area contributed by atoms with Crippen LogP contribution in [0.1, 0.15) is 5.56 Å². The van der Waals surface area contributed by atoms with Gasteiger partial charge in [-0.1, -0.05) is 30.3 Å². The molecule has 0 atom stereocenters. The van der Waals surface area contributed by atoms with Crippen LogP contribution in [0.15, 0.2) is 30.3 Å². The Balaban J connectivity index is 2.42. The molecule has 3 heteroatoms. The standard InChI is InChI=1S/C12H18N2O/c1-13-8-9-14(2)12(15)10-11-6-4-3-5-7-11/h3-7,13H,8-10H2,1-2H3. The summed E-state index contributed by atoms with van der Waals surface area (Å²) in [6.45, 7) is 1.58. The van der Waals surface area contributed by atoms with Gasteiger partial charge in [0.15, 0.2) is 0 Å². The highest BCUT2D eigenvalue weighted by Crippen LogP contribution is 2.01. The molecule has 15 heavy (non-hydrogen) atoms. The second-order valence-electron chi connectivity index (χ2n) is 3.58. The molecule has 0 radical (unpaired) electrons. The summed E-state index contributed by atoms with van der Waals surface area (Å²) in [5.41, 5.74) is 1.07. The molecular formula is C12H18N2O. The van der Waals surface area contributed by atoms with Gasteiger partial charge in [-0.2, -0.15) is 0 Å². The second kappa shape index (κ2) is 6.19. The number of carbonyl (C=O) groups is 1. The number of nitrogens with zero attached hydrogens (tertiary/aromatic N) is 1. The summed E-state index contributed by atoms with van der Waals surface area (Å²) in [4.78, 5) is 13.5. The lowest BCUT2D eigenvalue weighted by atomic mass is 10.1. The smallest absolute Gasteiger partial charge is 0.226 e. The Morgan fingerprint density at radius 1 is 1.33 bits per heavy atom. The van der Waals surface area contributed by atoms with E-state index in [0.717, 1.165) is 18.7 Å². The highest BCUT2D eigenvalue weighted by atomic mass is 16.2. The van der Waals surface area contributed by atoms with Gasteiger partial charge in [-0.25, -0.2) is 0 Å². The Bertz CT molecular complexity index is 298. The van der Waals surface area contributed by atoms with Gasteiger partial charge in [0.2, 0.25) is 5.91 Å². The molecule has 0 bridgehead atoms. The van der Waals surface area contributed by atoms with Crippen LogP contribution in [0.5, 0.6) is 0 Å². The van der Waals surface area contributed by atoms with Crippen molar-refractivity contribution >= 4 is 5.91 Å². The zero-order valence-electron chi connectivity index (χ0n) is 9.36. The lowest BCUT2D eigenvalue weighted by molar-refractivity contribution is -0.129. The van der Waals surface area contributed by atoms with E-state index in [1.165, 1.54) is 0 Å². The largest absolute Gasteiger partial charge is 0.344 e. The Kier molecular flexibility index (Phi) is 4.84. The maximum atomic E-state index is 11.7. The van der Waals surface area contributed by atoms with Crippen LogP contribution in [0.25, 0.3) is 0 Å². The first-order chi connectivity index (χ1) is 7.24. The van der Waals surface area contributed by atoms with Crippen LogP contribution in [0.4, 0.5) is 0 Å². The highest BCUT2D eigenvalue weighted by Gasteiger charge is 2.08. The molecule has 1 aromatic carbocycles. The molecule has 82 valence electrons. The molecule has 3 nitrogen and oxygen atoms in total. The van der Waals surface area contributed by atoms with E-state index in [-0.39, 0.29) is 5.91 Å². The fourth-order valence-corrected chi connectivity index (χ4v) is 1.31. The van der Waals surface area contributed by atoms with Gasteiger partial charge in [0.25, 0.3) is 0 Å². The zero-order valence-corrected chi connectivity index (χ0v) is 9.36. The average Bonchev–Trinajstić information content (AvgIpc) is 2.27. The molecule has 0 aromatic heterocycles. The minimum atomic E-state index is 0.163. The van der Waals surface area contributed by atoms with Crippen molar-refractivity contribution in [1.29, 1.82) is 0 Å². The Labute approximate surface area is 91.1 Å². The molecule has 0 saturated carbocycles. The van der Waals surface area contributed by atoms with E-state index in [2.05, 4.69) is 5.32 Å². The van der Waals surface area contributed by atoms with Crippen molar-refractivity contribution < 1.29 is 4.79 Å². The number of hydrogen-bond donors (Lipinski definition) is 1. The van der Waals surface area contributed by atoms with E-state index in [1.807, 2.05) is 44.4 Å². The number of hydrogen-bond acceptors (Lipinski definition) is 2. The van der Waals surface area contributed by atoms with E-state index in [9.17, 15) is 4.79 Å². The molecule has 1 aromatic rings. The summed E-state index contributed by atoms with van der Waals surface area (Å²) in [6, 6.07) is 9.82. The first-order valence-electron chi connectivity index (χ1n) is 5.16. The zero-order chi connectivity index (χ0) is 11.1. The van der Waals surface area contributed by atoms with E-state index >= 15 is 0 Å². The monoisotopic (exact) mass is 206 g/mol. The van der Waals surface area contributed by atoms with Crippen LogP contribution in [0.3, 0.4) is 0 Å². The maximum absolute atomic E-state index is 11.7. The van der Waals surface area contributed by atoms with E-state index in [1.54, 1.807) is 4.90 Å². The van der Waals surface area contributed by atoms with Crippen molar-refractivity contribution in [2.75, 3.05) is 27.2 Å². The predicted molar refractivity (Wildman–Crippen MR) is 61.7 cm³/mol. The maximum Gasteiger partial charge on any atom is 0.226 e. The third-order valence-corrected chi connectivity index (χ3v) is 2.32. The first kappa shape index (κ1) is 11.7. The molecule has 0 unspecified atom stereocenters. The van der Waals surface area contributed by atoms with Gasteiger partial charge in [0, 0.05) is 20.1 Å². The predicted octanol–water partition coefficient (Wildman–Crippen LogP) is 0.907. The van der Waals surface area contributed by atoms with Crippen molar-refractivity contribution in [2.45, 2.75) is 6.42 Å². The van der Waals surface area contributed by atoms with Crippen LogP contribution >= 0.6 is 0 Å². The molecular weight excluding hydrogens is 188 g/mol. The normalized spacial score (nSPS) is 10.0. The SMILES string of the molecule is CNCCN(C)C(=O)Cc1ccccc1. The second-order valence-corrected chi connectivity index (χ2v) is 3.58. The summed E-state index contributed by atoms with van der Waals surface area (Å²) in [5, 5.41) is 3.02. The van der Waals surface area contributed by atoms with E-state index in [0.29, 0.717) is 6.42 Å². The summed E-state index contributed by atoms with van der Waals surface area (Å²) < 4.78 is 0. The van der Waals surface area contributed by atoms with Crippen LogP contribution in [-0.4, -0.2) is 38.0 Å². The number of likely N-dealkylation sites (N-methyl/N-ethyl adjacent to an activating group) is 2. The average molecular weight is 206 g/mol. The van der Waals surface area contributed by atoms with Gasteiger partial charge >= 0.3 is 0 Å². The van der Waals surface area contributed by atoms with Crippen LogP contribution in [-0.2, 0) is 11.2 Å². The third kappa shape index (κ3) is 4.13. The topological polar surface area (TPSA) is 32.3 Å². The molecule has 1 N–H and O–H groups in total. The van der Waals surface area contributed by atoms with Crippen molar-refractivity contribution in [3.63, 3.8) is 0 Å². The molecule has 0 heterocycles. The lowest BCUT2D eigenvalue weighted by Crippen LogP contribution is -2.33. The summed E-state index contributed by atoms with van der Waals surface area (Å²) in [6.07, 6.45) is 0.487. The fraction of sp³-hybridized carbons (Fsp3) is 0.417. The number of carbonyl (C=O) groups excluding carboxylic acids is 1.